The Hall–Kier alpha value is -2.40. The molecule has 158 valence electrons. The molecule has 1 unspecified atom stereocenters. The highest BCUT2D eigenvalue weighted by Crippen LogP contribution is 2.32. The highest BCUT2D eigenvalue weighted by molar-refractivity contribution is 8.00. The van der Waals surface area contributed by atoms with E-state index in [4.69, 9.17) is 16.6 Å². The van der Waals surface area contributed by atoms with Crippen molar-refractivity contribution in [3.8, 4) is 17.3 Å². The lowest BCUT2D eigenvalue weighted by Gasteiger charge is -2.13. The minimum absolute atomic E-state index is 0.175. The highest BCUT2D eigenvalue weighted by atomic mass is 35.5. The smallest absolute Gasteiger partial charge is 0.239 e. The summed E-state index contributed by atoms with van der Waals surface area (Å²) in [5.41, 5.74) is 4.34. The zero-order valence-corrected chi connectivity index (χ0v) is 19.4. The molecule has 2 heterocycles. The summed E-state index contributed by atoms with van der Waals surface area (Å²) >= 11 is 8.92. The summed E-state index contributed by atoms with van der Waals surface area (Å²) in [6, 6.07) is 11.7. The fourth-order valence-corrected chi connectivity index (χ4v) is 5.35. The number of aryl methyl sites for hydroxylation is 2. The number of pyridine rings is 1. The Kier molecular flexibility index (Phi) is 6.91. The minimum Gasteiger partial charge on any atom is -0.301 e. The van der Waals surface area contributed by atoms with Crippen molar-refractivity contribution in [1.29, 1.82) is 5.26 Å². The van der Waals surface area contributed by atoms with Crippen molar-refractivity contribution < 1.29 is 4.79 Å². The second-order valence-corrected chi connectivity index (χ2v) is 9.98. The van der Waals surface area contributed by atoms with Crippen molar-refractivity contribution in [2.75, 3.05) is 5.32 Å². The highest BCUT2D eigenvalue weighted by Gasteiger charge is 2.21. The van der Waals surface area contributed by atoms with E-state index in [9.17, 15) is 10.1 Å². The lowest BCUT2D eigenvalue weighted by atomic mass is 10.1. The number of thiazole rings is 1. The molecule has 0 aliphatic heterocycles. The quantitative estimate of drug-likeness (QED) is 0.360. The number of nitriles is 1. The van der Waals surface area contributed by atoms with Crippen LogP contribution in [-0.4, -0.2) is 21.1 Å². The average Bonchev–Trinajstić information content (AvgIpc) is 3.10. The zero-order chi connectivity index (χ0) is 21.8. The zero-order valence-electron chi connectivity index (χ0n) is 17.0. The molecule has 0 spiro atoms. The minimum atomic E-state index is -0.420. The first-order valence-electron chi connectivity index (χ1n) is 10.2. The first-order valence-corrected chi connectivity index (χ1v) is 12.3. The van der Waals surface area contributed by atoms with E-state index in [1.54, 1.807) is 0 Å². The van der Waals surface area contributed by atoms with Crippen molar-refractivity contribution in [1.82, 2.24) is 9.97 Å². The predicted molar refractivity (Wildman–Crippen MR) is 127 cm³/mol. The van der Waals surface area contributed by atoms with E-state index in [0.717, 1.165) is 42.6 Å². The summed E-state index contributed by atoms with van der Waals surface area (Å²) in [5.74, 6) is -0.175. The largest absolute Gasteiger partial charge is 0.301 e. The van der Waals surface area contributed by atoms with Crippen molar-refractivity contribution in [3.63, 3.8) is 0 Å². The molecule has 0 fully saturated rings. The Morgan fingerprint density at radius 2 is 2.06 bits per heavy atom. The molecule has 1 amide bonds. The molecule has 8 heteroatoms. The number of anilines is 1. The van der Waals surface area contributed by atoms with Gasteiger partial charge in [-0.2, -0.15) is 5.26 Å². The number of halogens is 1. The van der Waals surface area contributed by atoms with Crippen LogP contribution < -0.4 is 5.32 Å². The Morgan fingerprint density at radius 3 is 2.87 bits per heavy atom. The number of nitrogens with zero attached hydrogens (tertiary/aromatic N) is 3. The van der Waals surface area contributed by atoms with Gasteiger partial charge in [0, 0.05) is 21.7 Å². The van der Waals surface area contributed by atoms with Crippen LogP contribution in [0.4, 0.5) is 5.13 Å². The van der Waals surface area contributed by atoms with Gasteiger partial charge in [0.2, 0.25) is 5.91 Å². The van der Waals surface area contributed by atoms with Gasteiger partial charge in [-0.1, -0.05) is 48.0 Å². The topological polar surface area (TPSA) is 78.7 Å². The molecule has 1 atom stereocenters. The predicted octanol–water partition coefficient (Wildman–Crippen LogP) is 6.12. The van der Waals surface area contributed by atoms with E-state index in [0.29, 0.717) is 20.7 Å². The fraction of sp³-hybridized carbons (Fsp3) is 0.304. The molecule has 0 radical (unpaired) electrons. The van der Waals surface area contributed by atoms with Gasteiger partial charge in [-0.25, -0.2) is 9.97 Å². The van der Waals surface area contributed by atoms with Gasteiger partial charge < -0.3 is 5.32 Å². The molecule has 0 saturated heterocycles. The number of hydrogen-bond acceptors (Lipinski definition) is 6. The van der Waals surface area contributed by atoms with Gasteiger partial charge in [-0.05, 0) is 50.3 Å². The molecular weight excluding hydrogens is 448 g/mol. The number of rotatable bonds is 5. The Balaban J connectivity index is 1.47. The number of nitrogens with one attached hydrogen (secondary N) is 1. The van der Waals surface area contributed by atoms with Gasteiger partial charge >= 0.3 is 0 Å². The monoisotopic (exact) mass is 468 g/mol. The summed E-state index contributed by atoms with van der Waals surface area (Å²) in [5, 5.41) is 15.7. The first-order chi connectivity index (χ1) is 15.0. The standard InChI is InChI=1S/C23H21ClN4OS2/c1-14(31-22-16(12-25)11-15-7-3-2-4-10-19(15)26-22)21(29)28-23-27-20(13-30-23)17-8-5-6-9-18(17)24/h5-6,8-9,11,13-14H,2-4,7,10H2,1H3,(H,27,28,29). The Morgan fingerprint density at radius 1 is 1.26 bits per heavy atom. The van der Waals surface area contributed by atoms with Crippen LogP contribution in [0.15, 0.2) is 40.7 Å². The molecule has 4 rings (SSSR count). The maximum Gasteiger partial charge on any atom is 0.239 e. The van der Waals surface area contributed by atoms with Crippen LogP contribution in [0.3, 0.4) is 0 Å². The lowest BCUT2D eigenvalue weighted by Crippen LogP contribution is -2.22. The molecule has 1 aliphatic rings. The van der Waals surface area contributed by atoms with Crippen LogP contribution in [0.2, 0.25) is 5.02 Å². The fourth-order valence-electron chi connectivity index (χ4n) is 3.51. The van der Waals surface area contributed by atoms with Crippen LogP contribution in [0.25, 0.3) is 11.3 Å². The molecule has 1 aromatic carbocycles. The van der Waals surface area contributed by atoms with Crippen LogP contribution in [0, 0.1) is 11.3 Å². The third-order valence-corrected chi connectivity index (χ3v) is 7.37. The van der Waals surface area contributed by atoms with Crippen LogP contribution in [-0.2, 0) is 17.6 Å². The van der Waals surface area contributed by atoms with E-state index in [1.807, 2.05) is 42.6 Å². The van der Waals surface area contributed by atoms with Gasteiger partial charge in [0.05, 0.1) is 16.5 Å². The van der Waals surface area contributed by atoms with Gasteiger partial charge in [-0.3, -0.25) is 4.79 Å². The lowest BCUT2D eigenvalue weighted by molar-refractivity contribution is -0.115. The number of amides is 1. The molecule has 1 aliphatic carbocycles. The molecule has 3 aromatic rings. The van der Waals surface area contributed by atoms with Crippen molar-refractivity contribution in [2.24, 2.45) is 0 Å². The van der Waals surface area contributed by atoms with E-state index < -0.39 is 5.25 Å². The molecule has 31 heavy (non-hydrogen) atoms. The number of hydrogen-bond donors (Lipinski definition) is 1. The molecule has 0 bridgehead atoms. The summed E-state index contributed by atoms with van der Waals surface area (Å²) in [4.78, 5) is 22.0. The normalized spacial score (nSPS) is 14.2. The van der Waals surface area contributed by atoms with E-state index in [1.165, 1.54) is 35.1 Å². The number of fused-ring (bicyclic) bond motifs is 1. The molecule has 1 N–H and O–H groups in total. The van der Waals surface area contributed by atoms with Gasteiger partial charge in [0.25, 0.3) is 0 Å². The third-order valence-electron chi connectivity index (χ3n) is 5.18. The number of thioether (sulfide) groups is 1. The average molecular weight is 469 g/mol. The van der Waals surface area contributed by atoms with Crippen molar-refractivity contribution in [3.05, 3.63) is 57.6 Å². The maximum absolute atomic E-state index is 12.8. The van der Waals surface area contributed by atoms with Crippen molar-refractivity contribution >= 4 is 45.7 Å². The third kappa shape index (κ3) is 5.09. The Bertz CT molecular complexity index is 1150. The van der Waals surface area contributed by atoms with E-state index in [-0.39, 0.29) is 5.91 Å². The van der Waals surface area contributed by atoms with Gasteiger partial charge in [0.15, 0.2) is 5.13 Å². The second-order valence-electron chi connectivity index (χ2n) is 7.39. The number of carbonyl (C=O) groups is 1. The summed E-state index contributed by atoms with van der Waals surface area (Å²) in [6.07, 6.45) is 5.33. The molecule has 5 nitrogen and oxygen atoms in total. The maximum atomic E-state index is 12.8. The van der Waals surface area contributed by atoms with E-state index >= 15 is 0 Å². The SMILES string of the molecule is CC(Sc1nc2c(cc1C#N)CCCCC2)C(=O)Nc1nc(-c2ccccc2Cl)cs1. The van der Waals surface area contributed by atoms with Crippen LogP contribution in [0.5, 0.6) is 0 Å². The summed E-state index contributed by atoms with van der Waals surface area (Å²) in [7, 11) is 0. The first kappa shape index (κ1) is 21.8. The summed E-state index contributed by atoms with van der Waals surface area (Å²) in [6.45, 7) is 1.82. The van der Waals surface area contributed by atoms with Gasteiger partial charge in [0.1, 0.15) is 11.1 Å². The Labute approximate surface area is 194 Å². The molecule has 2 aromatic heterocycles. The van der Waals surface area contributed by atoms with Crippen LogP contribution in [0.1, 0.15) is 43.0 Å². The van der Waals surface area contributed by atoms with Crippen molar-refractivity contribution in [2.45, 2.75) is 49.3 Å². The molecule has 0 saturated carbocycles. The summed E-state index contributed by atoms with van der Waals surface area (Å²) < 4.78 is 0. The number of benzene rings is 1. The van der Waals surface area contributed by atoms with Crippen LogP contribution >= 0.6 is 34.7 Å². The number of aromatic nitrogens is 2. The van der Waals surface area contributed by atoms with E-state index in [2.05, 4.69) is 16.4 Å². The van der Waals surface area contributed by atoms with Gasteiger partial charge in [-0.15, -0.1) is 11.3 Å². The number of carbonyl (C=O) groups excluding carboxylic acids is 1. The second kappa shape index (κ2) is 9.82. The molecular formula is C23H21ClN4OS2.